The number of benzene rings is 1. The zero-order valence-electron chi connectivity index (χ0n) is 10.6. The fourth-order valence-electron chi connectivity index (χ4n) is 1.99. The van der Waals surface area contributed by atoms with E-state index in [1.165, 1.54) is 7.11 Å². The van der Waals surface area contributed by atoms with Crippen molar-refractivity contribution in [2.45, 2.75) is 0 Å². The molecule has 2 heterocycles. The normalized spacial score (nSPS) is 10.7. The Morgan fingerprint density at radius 1 is 1.15 bits per heavy atom. The van der Waals surface area contributed by atoms with E-state index in [1.54, 1.807) is 34.7 Å². The topological polar surface area (TPSA) is 56.5 Å². The third-order valence-electron chi connectivity index (χ3n) is 2.93. The van der Waals surface area contributed by atoms with Gasteiger partial charge in [-0.05, 0) is 36.4 Å². The predicted molar refractivity (Wildman–Crippen MR) is 74.8 cm³/mol. The number of hydrogen-bond donors (Lipinski definition) is 0. The highest BCUT2D eigenvalue weighted by Gasteiger charge is 2.16. The van der Waals surface area contributed by atoms with E-state index in [1.807, 2.05) is 12.1 Å². The maximum Gasteiger partial charge on any atom is 0.355 e. The standard InChI is InChI=1S/C14H10ClN3O2/c1-20-14(19)11-3-2-4-12-16-17-13(18(11)12)9-5-7-10(15)8-6-9/h2-8H,1H3. The number of fused-ring (bicyclic) bond motifs is 1. The minimum absolute atomic E-state index is 0.375. The smallest absolute Gasteiger partial charge is 0.355 e. The zero-order valence-corrected chi connectivity index (χ0v) is 11.3. The Morgan fingerprint density at radius 3 is 2.60 bits per heavy atom. The van der Waals surface area contributed by atoms with Gasteiger partial charge in [0.15, 0.2) is 11.5 Å². The number of halogens is 1. The first kappa shape index (κ1) is 12.6. The van der Waals surface area contributed by atoms with E-state index < -0.39 is 5.97 Å². The zero-order chi connectivity index (χ0) is 14.1. The van der Waals surface area contributed by atoms with Crippen molar-refractivity contribution in [3.05, 3.63) is 53.2 Å². The second-order valence-electron chi connectivity index (χ2n) is 4.13. The van der Waals surface area contributed by atoms with Gasteiger partial charge in [0.25, 0.3) is 0 Å². The van der Waals surface area contributed by atoms with E-state index in [0.717, 1.165) is 5.56 Å². The molecule has 2 aromatic heterocycles. The maximum atomic E-state index is 11.8. The highest BCUT2D eigenvalue weighted by atomic mass is 35.5. The second-order valence-corrected chi connectivity index (χ2v) is 4.56. The lowest BCUT2D eigenvalue weighted by Gasteiger charge is -2.05. The number of carbonyl (C=O) groups excluding carboxylic acids is 1. The molecular formula is C14H10ClN3O2. The number of nitrogens with zero attached hydrogens (tertiary/aromatic N) is 3. The van der Waals surface area contributed by atoms with Crippen LogP contribution in [0.1, 0.15) is 10.5 Å². The van der Waals surface area contributed by atoms with Gasteiger partial charge in [0.1, 0.15) is 5.69 Å². The molecule has 3 aromatic rings. The molecule has 1 aromatic carbocycles. The van der Waals surface area contributed by atoms with Crippen LogP contribution in [0.15, 0.2) is 42.5 Å². The number of esters is 1. The van der Waals surface area contributed by atoms with Crippen molar-refractivity contribution in [2.24, 2.45) is 0 Å². The van der Waals surface area contributed by atoms with Gasteiger partial charge >= 0.3 is 5.97 Å². The van der Waals surface area contributed by atoms with Crippen molar-refractivity contribution >= 4 is 23.2 Å². The van der Waals surface area contributed by atoms with Crippen LogP contribution in [0.3, 0.4) is 0 Å². The number of carbonyl (C=O) groups is 1. The van der Waals surface area contributed by atoms with Crippen LogP contribution in [-0.2, 0) is 4.74 Å². The van der Waals surface area contributed by atoms with Crippen molar-refractivity contribution in [1.29, 1.82) is 0 Å². The summed E-state index contributed by atoms with van der Waals surface area (Å²) in [5.74, 6) is 0.128. The summed E-state index contributed by atoms with van der Waals surface area (Å²) in [6.07, 6.45) is 0. The minimum atomic E-state index is -0.439. The van der Waals surface area contributed by atoms with Gasteiger partial charge in [0.2, 0.25) is 0 Å². The summed E-state index contributed by atoms with van der Waals surface area (Å²) in [4.78, 5) is 11.8. The van der Waals surface area contributed by atoms with Gasteiger partial charge in [-0.15, -0.1) is 10.2 Å². The molecule has 0 amide bonds. The Kier molecular flexibility index (Phi) is 3.12. The van der Waals surface area contributed by atoms with Crippen molar-refractivity contribution in [3.8, 4) is 11.4 Å². The fourth-order valence-corrected chi connectivity index (χ4v) is 2.12. The minimum Gasteiger partial charge on any atom is -0.464 e. The third-order valence-corrected chi connectivity index (χ3v) is 3.18. The maximum absolute atomic E-state index is 11.8. The number of pyridine rings is 1. The first-order chi connectivity index (χ1) is 9.70. The molecule has 0 saturated heterocycles. The Bertz CT molecular complexity index is 781. The van der Waals surface area contributed by atoms with Gasteiger partial charge in [-0.25, -0.2) is 4.79 Å². The second kappa shape index (κ2) is 4.94. The Morgan fingerprint density at radius 2 is 1.90 bits per heavy atom. The van der Waals surface area contributed by atoms with E-state index >= 15 is 0 Å². The monoisotopic (exact) mass is 287 g/mol. The number of hydrogen-bond acceptors (Lipinski definition) is 4. The average molecular weight is 288 g/mol. The Hall–Kier alpha value is -2.40. The summed E-state index contributed by atoms with van der Waals surface area (Å²) in [5, 5.41) is 8.84. The van der Waals surface area contributed by atoms with E-state index in [9.17, 15) is 4.79 Å². The van der Waals surface area contributed by atoms with Crippen LogP contribution in [0.25, 0.3) is 17.0 Å². The van der Waals surface area contributed by atoms with Gasteiger partial charge < -0.3 is 4.74 Å². The molecule has 0 aliphatic heterocycles. The fraction of sp³-hybridized carbons (Fsp3) is 0.0714. The van der Waals surface area contributed by atoms with Gasteiger partial charge in [-0.3, -0.25) is 4.40 Å². The molecule has 5 nitrogen and oxygen atoms in total. The molecule has 20 heavy (non-hydrogen) atoms. The summed E-state index contributed by atoms with van der Waals surface area (Å²) in [7, 11) is 1.34. The van der Waals surface area contributed by atoms with Crippen LogP contribution < -0.4 is 0 Å². The molecule has 0 unspecified atom stereocenters. The molecule has 3 rings (SSSR count). The first-order valence-electron chi connectivity index (χ1n) is 5.89. The third kappa shape index (κ3) is 2.02. The van der Waals surface area contributed by atoms with Crippen LogP contribution in [0.5, 0.6) is 0 Å². The van der Waals surface area contributed by atoms with Crippen LogP contribution in [0.2, 0.25) is 5.02 Å². The van der Waals surface area contributed by atoms with Crippen LogP contribution in [0.4, 0.5) is 0 Å². The molecule has 0 radical (unpaired) electrons. The molecular weight excluding hydrogens is 278 g/mol. The van der Waals surface area contributed by atoms with Gasteiger partial charge in [0, 0.05) is 10.6 Å². The lowest BCUT2D eigenvalue weighted by molar-refractivity contribution is 0.0592. The average Bonchev–Trinajstić information content (AvgIpc) is 2.91. The van der Waals surface area contributed by atoms with E-state index in [2.05, 4.69) is 10.2 Å². The van der Waals surface area contributed by atoms with Crippen molar-refractivity contribution in [3.63, 3.8) is 0 Å². The highest BCUT2D eigenvalue weighted by Crippen LogP contribution is 2.22. The van der Waals surface area contributed by atoms with E-state index in [0.29, 0.717) is 22.2 Å². The summed E-state index contributed by atoms with van der Waals surface area (Å²) in [6, 6.07) is 12.4. The van der Waals surface area contributed by atoms with Crippen molar-refractivity contribution < 1.29 is 9.53 Å². The van der Waals surface area contributed by atoms with E-state index in [4.69, 9.17) is 16.3 Å². The number of rotatable bonds is 2. The molecule has 0 saturated carbocycles. The summed E-state index contributed by atoms with van der Waals surface area (Å²) in [5.41, 5.74) is 1.77. The Balaban J connectivity index is 2.26. The quantitative estimate of drug-likeness (QED) is 0.680. The predicted octanol–water partition coefficient (Wildman–Crippen LogP) is 2.84. The lowest BCUT2D eigenvalue weighted by Crippen LogP contribution is -2.08. The van der Waals surface area contributed by atoms with Crippen molar-refractivity contribution in [2.75, 3.05) is 7.11 Å². The lowest BCUT2D eigenvalue weighted by atomic mass is 10.2. The molecule has 0 spiro atoms. The van der Waals surface area contributed by atoms with Crippen LogP contribution in [-0.4, -0.2) is 27.7 Å². The molecule has 100 valence electrons. The molecule has 0 aliphatic rings. The van der Waals surface area contributed by atoms with Crippen LogP contribution in [0, 0.1) is 0 Å². The number of ether oxygens (including phenoxy) is 1. The summed E-state index contributed by atoms with van der Waals surface area (Å²) < 4.78 is 6.45. The molecule has 0 fully saturated rings. The van der Waals surface area contributed by atoms with Gasteiger partial charge in [-0.2, -0.15) is 0 Å². The van der Waals surface area contributed by atoms with Gasteiger partial charge in [-0.1, -0.05) is 17.7 Å². The van der Waals surface area contributed by atoms with Gasteiger partial charge in [0.05, 0.1) is 7.11 Å². The Labute approximate surface area is 119 Å². The summed E-state index contributed by atoms with van der Waals surface area (Å²) in [6.45, 7) is 0. The largest absolute Gasteiger partial charge is 0.464 e. The number of methoxy groups -OCH3 is 1. The molecule has 0 atom stereocenters. The number of aromatic nitrogens is 3. The molecule has 6 heteroatoms. The highest BCUT2D eigenvalue weighted by molar-refractivity contribution is 6.30. The SMILES string of the molecule is COC(=O)c1cccc2nnc(-c3ccc(Cl)cc3)n12. The molecule has 0 N–H and O–H groups in total. The van der Waals surface area contributed by atoms with Crippen molar-refractivity contribution in [1.82, 2.24) is 14.6 Å². The van der Waals surface area contributed by atoms with E-state index in [-0.39, 0.29) is 0 Å². The first-order valence-corrected chi connectivity index (χ1v) is 6.27. The summed E-state index contributed by atoms with van der Waals surface area (Å²) >= 11 is 5.88. The molecule has 0 bridgehead atoms. The molecule has 0 aliphatic carbocycles. The van der Waals surface area contributed by atoms with Crippen LogP contribution >= 0.6 is 11.6 Å².